The summed E-state index contributed by atoms with van der Waals surface area (Å²) < 4.78 is 13.2. The van der Waals surface area contributed by atoms with Crippen molar-refractivity contribution in [1.29, 1.82) is 5.26 Å². The van der Waals surface area contributed by atoms with Gasteiger partial charge in [-0.05, 0) is 62.6 Å². The number of piperidine rings is 1. The Bertz CT molecular complexity index is 473. The molecule has 0 radical (unpaired) electrons. The first-order valence-corrected chi connectivity index (χ1v) is 7.34. The highest BCUT2D eigenvalue weighted by Crippen LogP contribution is 2.16. The molecule has 0 unspecified atom stereocenters. The number of hydrogen-bond acceptors (Lipinski definition) is 3. The molecule has 0 atom stereocenters. The van der Waals surface area contributed by atoms with Gasteiger partial charge >= 0.3 is 0 Å². The van der Waals surface area contributed by atoms with Gasteiger partial charge in [-0.25, -0.2) is 4.39 Å². The predicted octanol–water partition coefficient (Wildman–Crippen LogP) is 2.52. The molecule has 20 heavy (non-hydrogen) atoms. The molecular weight excluding hydrogens is 253 g/mol. The second-order valence-electron chi connectivity index (χ2n) is 5.43. The van der Waals surface area contributed by atoms with Crippen molar-refractivity contribution in [3.8, 4) is 6.07 Å². The van der Waals surface area contributed by atoms with Gasteiger partial charge in [0.15, 0.2) is 0 Å². The van der Waals surface area contributed by atoms with E-state index in [1.54, 1.807) is 12.1 Å². The third kappa shape index (κ3) is 4.03. The quantitative estimate of drug-likeness (QED) is 0.897. The van der Waals surface area contributed by atoms with Gasteiger partial charge in [-0.1, -0.05) is 13.0 Å². The van der Waals surface area contributed by atoms with Crippen LogP contribution in [0.2, 0.25) is 0 Å². The van der Waals surface area contributed by atoms with Gasteiger partial charge in [0.1, 0.15) is 11.9 Å². The number of nitrogens with one attached hydrogen (secondary N) is 1. The first-order chi connectivity index (χ1) is 9.72. The van der Waals surface area contributed by atoms with Crippen LogP contribution < -0.4 is 5.32 Å². The predicted molar refractivity (Wildman–Crippen MR) is 77.7 cm³/mol. The molecule has 0 spiro atoms. The molecule has 2 rings (SSSR count). The Morgan fingerprint density at radius 1 is 1.40 bits per heavy atom. The van der Waals surface area contributed by atoms with Crippen molar-refractivity contribution in [1.82, 2.24) is 10.2 Å². The third-order valence-electron chi connectivity index (χ3n) is 4.07. The Morgan fingerprint density at radius 2 is 2.15 bits per heavy atom. The van der Waals surface area contributed by atoms with E-state index in [2.05, 4.69) is 17.1 Å². The Balaban J connectivity index is 1.75. The minimum atomic E-state index is -0.441. The average Bonchev–Trinajstić information content (AvgIpc) is 2.49. The summed E-state index contributed by atoms with van der Waals surface area (Å²) in [5.74, 6) is 0.289. The second kappa shape index (κ2) is 7.37. The first-order valence-electron chi connectivity index (χ1n) is 7.34. The maximum atomic E-state index is 13.2. The average molecular weight is 275 g/mol. The van der Waals surface area contributed by atoms with Crippen molar-refractivity contribution in [2.75, 3.05) is 26.2 Å². The van der Waals surface area contributed by atoms with Gasteiger partial charge in [0.05, 0.1) is 5.56 Å². The second-order valence-corrected chi connectivity index (χ2v) is 5.43. The highest BCUT2D eigenvalue weighted by molar-refractivity contribution is 5.34. The molecule has 0 saturated carbocycles. The van der Waals surface area contributed by atoms with Crippen LogP contribution in [0.5, 0.6) is 0 Å². The fraction of sp³-hybridized carbons (Fsp3) is 0.562. The molecule has 0 aliphatic carbocycles. The van der Waals surface area contributed by atoms with Gasteiger partial charge in [0.25, 0.3) is 0 Å². The lowest BCUT2D eigenvalue weighted by molar-refractivity contribution is 0.190. The number of nitrogens with zero attached hydrogens (tertiary/aromatic N) is 2. The number of hydrogen-bond donors (Lipinski definition) is 1. The highest BCUT2D eigenvalue weighted by atomic mass is 19.1. The van der Waals surface area contributed by atoms with Crippen LogP contribution in [0.25, 0.3) is 0 Å². The lowest BCUT2D eigenvalue weighted by Crippen LogP contribution is -2.36. The van der Waals surface area contributed by atoms with Crippen molar-refractivity contribution in [3.05, 3.63) is 35.1 Å². The zero-order valence-electron chi connectivity index (χ0n) is 12.0. The lowest BCUT2D eigenvalue weighted by atomic mass is 9.97. The van der Waals surface area contributed by atoms with Crippen molar-refractivity contribution in [2.45, 2.75) is 26.3 Å². The van der Waals surface area contributed by atoms with Crippen molar-refractivity contribution in [3.63, 3.8) is 0 Å². The smallest absolute Gasteiger partial charge is 0.140 e. The van der Waals surface area contributed by atoms with Crippen molar-refractivity contribution < 1.29 is 4.39 Å². The summed E-state index contributed by atoms with van der Waals surface area (Å²) in [4.78, 5) is 2.48. The normalized spacial score (nSPS) is 17.1. The fourth-order valence-corrected chi connectivity index (χ4v) is 2.70. The van der Waals surface area contributed by atoms with Crippen LogP contribution in [0.4, 0.5) is 4.39 Å². The monoisotopic (exact) mass is 275 g/mol. The van der Waals surface area contributed by atoms with E-state index in [9.17, 15) is 4.39 Å². The summed E-state index contributed by atoms with van der Waals surface area (Å²) in [6.07, 6.45) is 2.49. The van der Waals surface area contributed by atoms with Gasteiger partial charge in [0.2, 0.25) is 0 Å². The fourth-order valence-electron chi connectivity index (χ4n) is 2.70. The third-order valence-corrected chi connectivity index (χ3v) is 4.07. The molecule has 1 N–H and O–H groups in total. The number of rotatable bonds is 5. The molecule has 1 aromatic carbocycles. The van der Waals surface area contributed by atoms with Crippen molar-refractivity contribution >= 4 is 0 Å². The molecule has 1 heterocycles. The van der Waals surface area contributed by atoms with Crippen molar-refractivity contribution in [2.24, 2.45) is 5.92 Å². The molecule has 1 aliphatic heterocycles. The van der Waals surface area contributed by atoms with E-state index < -0.39 is 5.82 Å². The lowest BCUT2D eigenvalue weighted by Gasteiger charge is -2.31. The molecule has 0 aromatic heterocycles. The molecule has 1 saturated heterocycles. The van der Waals surface area contributed by atoms with Crippen LogP contribution in [0, 0.1) is 23.1 Å². The highest BCUT2D eigenvalue weighted by Gasteiger charge is 2.17. The molecule has 3 nitrogen and oxygen atoms in total. The number of halogens is 1. The molecule has 0 amide bonds. The van der Waals surface area contributed by atoms with E-state index in [-0.39, 0.29) is 5.56 Å². The summed E-state index contributed by atoms with van der Waals surface area (Å²) in [5, 5.41) is 12.2. The summed E-state index contributed by atoms with van der Waals surface area (Å²) >= 11 is 0. The van der Waals surface area contributed by atoms with Crippen LogP contribution in [0.3, 0.4) is 0 Å². The summed E-state index contributed by atoms with van der Waals surface area (Å²) in [5.41, 5.74) is 1.09. The Labute approximate surface area is 120 Å². The minimum absolute atomic E-state index is 0.126. The number of benzene rings is 1. The zero-order chi connectivity index (χ0) is 14.4. The summed E-state index contributed by atoms with van der Waals surface area (Å²) in [6.45, 7) is 7.43. The molecule has 1 aliphatic rings. The molecule has 0 bridgehead atoms. The molecule has 1 fully saturated rings. The maximum Gasteiger partial charge on any atom is 0.140 e. The number of likely N-dealkylation sites (tertiary alicyclic amines) is 1. The minimum Gasteiger partial charge on any atom is -0.312 e. The SMILES string of the molecule is CCN1CCC(CNCc2ccc(F)c(C#N)c2)CC1. The van der Waals surface area contributed by atoms with Gasteiger partial charge in [-0.2, -0.15) is 5.26 Å². The van der Waals surface area contributed by atoms with E-state index in [1.165, 1.54) is 32.0 Å². The number of nitriles is 1. The van der Waals surface area contributed by atoms with Gasteiger partial charge in [0, 0.05) is 6.54 Å². The first kappa shape index (κ1) is 15.0. The summed E-state index contributed by atoms with van der Waals surface area (Å²) in [7, 11) is 0. The van der Waals surface area contributed by atoms with Crippen LogP contribution >= 0.6 is 0 Å². The van der Waals surface area contributed by atoms with Crippen LogP contribution in [-0.4, -0.2) is 31.1 Å². The zero-order valence-corrected chi connectivity index (χ0v) is 12.0. The summed E-state index contributed by atoms with van der Waals surface area (Å²) in [6, 6.07) is 6.61. The standard InChI is InChI=1S/C16H22FN3/c1-2-20-7-5-13(6-8-20)11-19-12-14-3-4-16(17)15(9-14)10-18/h3-4,9,13,19H,2,5-8,11-12H2,1H3. The largest absolute Gasteiger partial charge is 0.312 e. The Hall–Kier alpha value is -1.44. The van der Waals surface area contributed by atoms with E-state index in [1.807, 2.05) is 6.07 Å². The van der Waals surface area contributed by atoms with E-state index in [0.29, 0.717) is 6.54 Å². The van der Waals surface area contributed by atoms with E-state index >= 15 is 0 Å². The van der Waals surface area contributed by atoms with Gasteiger partial charge in [-0.3, -0.25) is 0 Å². The molecule has 4 heteroatoms. The molecule has 1 aromatic rings. The van der Waals surface area contributed by atoms with Gasteiger partial charge < -0.3 is 10.2 Å². The molecule has 108 valence electrons. The van der Waals surface area contributed by atoms with Crippen LogP contribution in [-0.2, 0) is 6.54 Å². The van der Waals surface area contributed by atoms with E-state index in [4.69, 9.17) is 5.26 Å². The van der Waals surface area contributed by atoms with E-state index in [0.717, 1.165) is 24.6 Å². The van der Waals surface area contributed by atoms with Crippen LogP contribution in [0.15, 0.2) is 18.2 Å². The maximum absolute atomic E-state index is 13.2. The Kier molecular flexibility index (Phi) is 5.51. The Morgan fingerprint density at radius 3 is 2.80 bits per heavy atom. The van der Waals surface area contributed by atoms with Gasteiger partial charge in [-0.15, -0.1) is 0 Å². The molecular formula is C16H22FN3. The topological polar surface area (TPSA) is 39.1 Å². The van der Waals surface area contributed by atoms with Crippen LogP contribution in [0.1, 0.15) is 30.9 Å².